The van der Waals surface area contributed by atoms with Gasteiger partial charge in [-0.05, 0) is 48.6 Å². The number of benzene rings is 2. The maximum absolute atomic E-state index is 13.6. The van der Waals surface area contributed by atoms with Crippen molar-refractivity contribution in [2.45, 2.75) is 39.7 Å². The molecule has 0 unspecified atom stereocenters. The first-order valence-electron chi connectivity index (χ1n) is 10.4. The zero-order valence-corrected chi connectivity index (χ0v) is 18.9. The van der Waals surface area contributed by atoms with Gasteiger partial charge in [-0.1, -0.05) is 54.9 Å². The number of amides is 1. The number of carbonyl (C=O) groups is 1. The highest BCUT2D eigenvalue weighted by molar-refractivity contribution is 6.32. The Morgan fingerprint density at radius 2 is 1.78 bits per heavy atom. The van der Waals surface area contributed by atoms with E-state index in [4.69, 9.17) is 20.5 Å². The summed E-state index contributed by atoms with van der Waals surface area (Å²) in [6.07, 6.45) is 0. The minimum Gasteiger partial charge on any atom is -0.450 e. The van der Waals surface area contributed by atoms with Crippen LogP contribution in [0.5, 0.6) is 0 Å². The van der Waals surface area contributed by atoms with E-state index in [1.54, 1.807) is 25.1 Å². The van der Waals surface area contributed by atoms with Gasteiger partial charge in [-0.15, -0.1) is 0 Å². The molecular weight excluding hydrogens is 428 g/mol. The first kappa shape index (κ1) is 20.5. The molecule has 0 saturated carbocycles. The zero-order valence-electron chi connectivity index (χ0n) is 18.1. The number of halogens is 1. The number of aryl methyl sites for hydroxylation is 2. The van der Waals surface area contributed by atoms with Crippen molar-refractivity contribution >= 4 is 34.3 Å². The summed E-state index contributed by atoms with van der Waals surface area (Å²) in [4.78, 5) is 28.6. The molecule has 0 radical (unpaired) electrons. The van der Waals surface area contributed by atoms with E-state index in [0.717, 1.165) is 16.7 Å². The lowest BCUT2D eigenvalue weighted by Gasteiger charge is -2.22. The van der Waals surface area contributed by atoms with Crippen LogP contribution in [0.15, 0.2) is 56.2 Å². The Labute approximate surface area is 189 Å². The van der Waals surface area contributed by atoms with E-state index in [0.29, 0.717) is 33.5 Å². The van der Waals surface area contributed by atoms with Crippen LogP contribution in [-0.2, 0) is 0 Å². The Bertz CT molecular complexity index is 1430. The van der Waals surface area contributed by atoms with Crippen LogP contribution in [-0.4, -0.2) is 11.1 Å². The molecule has 0 N–H and O–H groups in total. The molecule has 2 aromatic heterocycles. The molecule has 0 spiro atoms. The van der Waals surface area contributed by atoms with Crippen molar-refractivity contribution in [2.24, 2.45) is 0 Å². The van der Waals surface area contributed by atoms with E-state index < -0.39 is 11.9 Å². The lowest BCUT2D eigenvalue weighted by Crippen LogP contribution is -2.29. The van der Waals surface area contributed by atoms with Gasteiger partial charge in [-0.25, -0.2) is 0 Å². The number of rotatable bonds is 3. The van der Waals surface area contributed by atoms with Gasteiger partial charge in [0.1, 0.15) is 11.3 Å². The molecule has 1 aliphatic heterocycles. The van der Waals surface area contributed by atoms with Gasteiger partial charge < -0.3 is 8.94 Å². The average Bonchev–Trinajstić information content (AvgIpc) is 3.31. The van der Waals surface area contributed by atoms with E-state index in [1.165, 1.54) is 4.90 Å². The summed E-state index contributed by atoms with van der Waals surface area (Å²) < 4.78 is 11.2. The Kier molecular flexibility index (Phi) is 4.71. The van der Waals surface area contributed by atoms with Crippen molar-refractivity contribution in [1.29, 1.82) is 0 Å². The first-order valence-corrected chi connectivity index (χ1v) is 10.8. The Hall–Kier alpha value is -3.38. The zero-order chi connectivity index (χ0) is 22.7. The third kappa shape index (κ3) is 3.06. The second-order valence-electron chi connectivity index (χ2n) is 8.47. The predicted molar refractivity (Wildman–Crippen MR) is 123 cm³/mol. The molecule has 4 aromatic rings. The molecule has 2 aromatic carbocycles. The van der Waals surface area contributed by atoms with E-state index in [2.05, 4.69) is 19.0 Å². The highest BCUT2D eigenvalue weighted by Gasteiger charge is 2.45. The fourth-order valence-corrected chi connectivity index (χ4v) is 4.34. The third-order valence-corrected chi connectivity index (χ3v) is 6.34. The van der Waals surface area contributed by atoms with Crippen molar-refractivity contribution in [1.82, 2.24) is 5.16 Å². The van der Waals surface area contributed by atoms with Crippen LogP contribution in [0.1, 0.15) is 64.4 Å². The van der Waals surface area contributed by atoms with Crippen molar-refractivity contribution in [3.63, 3.8) is 0 Å². The number of fused-ring (bicyclic) bond motifs is 2. The first-order chi connectivity index (χ1) is 15.3. The maximum atomic E-state index is 13.6. The van der Waals surface area contributed by atoms with Gasteiger partial charge in [-0.2, -0.15) is 0 Å². The second kappa shape index (κ2) is 7.35. The summed E-state index contributed by atoms with van der Waals surface area (Å²) in [5.41, 5.74) is 3.04. The van der Waals surface area contributed by atoms with E-state index in [-0.39, 0.29) is 16.8 Å². The van der Waals surface area contributed by atoms with Crippen LogP contribution in [0.4, 0.5) is 5.82 Å². The summed E-state index contributed by atoms with van der Waals surface area (Å²) in [5.74, 6) is 0.829. The van der Waals surface area contributed by atoms with Gasteiger partial charge in [0.2, 0.25) is 5.76 Å². The van der Waals surface area contributed by atoms with Crippen molar-refractivity contribution in [3.8, 4) is 0 Å². The number of carbonyl (C=O) groups excluding carboxylic acids is 1. The Morgan fingerprint density at radius 3 is 2.41 bits per heavy atom. The smallest absolute Gasteiger partial charge is 0.296 e. The predicted octanol–water partition coefficient (Wildman–Crippen LogP) is 5.92. The fourth-order valence-electron chi connectivity index (χ4n) is 4.18. The SMILES string of the molecule is Cc1cc(N2C(=O)c3oc4cc(C)c(Cl)cc4c(=O)c3[C@@H]2c2ccc(C(C)C)cc2)no1. The summed E-state index contributed by atoms with van der Waals surface area (Å²) in [5, 5.41) is 4.86. The summed E-state index contributed by atoms with van der Waals surface area (Å²) >= 11 is 6.29. The number of nitrogens with zero attached hydrogens (tertiary/aromatic N) is 2. The topological polar surface area (TPSA) is 76.6 Å². The van der Waals surface area contributed by atoms with E-state index in [1.807, 2.05) is 31.2 Å². The Morgan fingerprint density at radius 1 is 1.06 bits per heavy atom. The van der Waals surface area contributed by atoms with E-state index >= 15 is 0 Å². The van der Waals surface area contributed by atoms with Crippen molar-refractivity contribution in [3.05, 3.63) is 91.5 Å². The molecule has 7 heteroatoms. The van der Waals surface area contributed by atoms with Crippen LogP contribution in [0, 0.1) is 13.8 Å². The quantitative estimate of drug-likeness (QED) is 0.388. The molecule has 162 valence electrons. The molecule has 32 heavy (non-hydrogen) atoms. The fraction of sp³-hybridized carbons (Fsp3) is 0.240. The van der Waals surface area contributed by atoms with Gasteiger partial charge in [-0.3, -0.25) is 14.5 Å². The lowest BCUT2D eigenvalue weighted by molar-refractivity contribution is 0.0969. The van der Waals surface area contributed by atoms with Gasteiger partial charge in [0, 0.05) is 11.1 Å². The normalized spacial score (nSPS) is 15.8. The Balaban J connectivity index is 1.79. The molecule has 1 atom stereocenters. The van der Waals surface area contributed by atoms with E-state index in [9.17, 15) is 9.59 Å². The molecule has 3 heterocycles. The number of hydrogen-bond donors (Lipinski definition) is 0. The number of aromatic nitrogens is 1. The molecule has 5 rings (SSSR count). The summed E-state index contributed by atoms with van der Waals surface area (Å²) in [7, 11) is 0. The lowest BCUT2D eigenvalue weighted by atomic mass is 9.95. The molecule has 0 fully saturated rings. The molecular formula is C25H21ClN2O4. The number of hydrogen-bond acceptors (Lipinski definition) is 5. The molecule has 1 amide bonds. The average molecular weight is 449 g/mol. The highest BCUT2D eigenvalue weighted by atomic mass is 35.5. The summed E-state index contributed by atoms with van der Waals surface area (Å²) in [6, 6.07) is 12.2. The van der Waals surface area contributed by atoms with Crippen molar-refractivity contribution in [2.75, 3.05) is 4.90 Å². The van der Waals surface area contributed by atoms with Crippen molar-refractivity contribution < 1.29 is 13.7 Å². The van der Waals surface area contributed by atoms with Gasteiger partial charge in [0.25, 0.3) is 5.91 Å². The molecule has 0 aliphatic carbocycles. The minimum atomic E-state index is -0.691. The van der Waals surface area contributed by atoms with Crippen LogP contribution >= 0.6 is 11.6 Å². The molecule has 0 bridgehead atoms. The third-order valence-electron chi connectivity index (χ3n) is 5.93. The van der Waals surface area contributed by atoms with Crippen LogP contribution < -0.4 is 10.3 Å². The monoisotopic (exact) mass is 448 g/mol. The standard InChI is InChI=1S/C25H21ClN2O4/c1-12(2)15-5-7-16(8-6-15)22-21-23(29)17-11-18(26)13(3)9-19(17)31-24(21)25(30)28(22)20-10-14(4)32-27-20/h5-12,22H,1-4H3/t22-/m0/s1. The maximum Gasteiger partial charge on any atom is 0.296 e. The second-order valence-corrected chi connectivity index (χ2v) is 8.87. The highest BCUT2D eigenvalue weighted by Crippen LogP contribution is 2.41. The molecule has 1 aliphatic rings. The van der Waals surface area contributed by atoms with Crippen LogP contribution in [0.25, 0.3) is 11.0 Å². The van der Waals surface area contributed by atoms with Gasteiger partial charge in [0.15, 0.2) is 11.2 Å². The molecule has 6 nitrogen and oxygen atoms in total. The van der Waals surface area contributed by atoms with Gasteiger partial charge in [0.05, 0.1) is 17.0 Å². The summed E-state index contributed by atoms with van der Waals surface area (Å²) in [6.45, 7) is 7.79. The largest absolute Gasteiger partial charge is 0.450 e. The van der Waals surface area contributed by atoms with Gasteiger partial charge >= 0.3 is 0 Å². The van der Waals surface area contributed by atoms with Crippen LogP contribution in [0.2, 0.25) is 5.02 Å². The van der Waals surface area contributed by atoms with Crippen LogP contribution in [0.3, 0.4) is 0 Å². The number of anilines is 1. The molecule has 0 saturated heterocycles. The minimum absolute atomic E-state index is 0.0165.